The third kappa shape index (κ3) is 3.99. The third-order valence-electron chi connectivity index (χ3n) is 5.83. The van der Waals surface area contributed by atoms with Gasteiger partial charge in [0.2, 0.25) is 0 Å². The average Bonchev–Trinajstić information content (AvgIpc) is 3.42. The molecule has 0 bridgehead atoms. The van der Waals surface area contributed by atoms with Gasteiger partial charge in [0.15, 0.2) is 5.72 Å². The molecule has 3 aromatic rings. The van der Waals surface area contributed by atoms with Crippen LogP contribution in [0.5, 0.6) is 6.01 Å². The molecule has 1 aromatic carbocycles. The Morgan fingerprint density at radius 3 is 2.67 bits per heavy atom. The summed E-state index contributed by atoms with van der Waals surface area (Å²) in [6.07, 6.45) is -1.55. The molecule has 0 saturated carbocycles. The van der Waals surface area contributed by atoms with Crippen molar-refractivity contribution < 1.29 is 27.2 Å². The largest absolute Gasteiger partial charge is 0.455 e. The second kappa shape index (κ2) is 7.47. The highest BCUT2D eigenvalue weighted by Crippen LogP contribution is 2.34. The topological polar surface area (TPSA) is 102 Å². The standard InChI is InChI=1S/C20H19F3N6O4/c1-19(12-26-11-17(29(30)31)25-18(26)33-19)27-4-6-28(7-5-27)24-10-15-9-13-8-14(20(21,22)23)2-3-16(13)32-15/h2-3,8-11H,4-7,12H2,1H3/t19-/m1/s1. The van der Waals surface area contributed by atoms with E-state index in [2.05, 4.69) is 15.0 Å². The van der Waals surface area contributed by atoms with Crippen LogP contribution in [0.1, 0.15) is 18.2 Å². The lowest BCUT2D eigenvalue weighted by atomic mass is 10.1. The molecule has 5 rings (SSSR count). The normalized spacial score (nSPS) is 21.6. The highest BCUT2D eigenvalue weighted by molar-refractivity contribution is 5.87. The Bertz CT molecular complexity index is 1220. The van der Waals surface area contributed by atoms with Crippen LogP contribution in [0.4, 0.5) is 19.0 Å². The number of hydrogen-bond acceptors (Lipinski definition) is 8. The molecule has 174 valence electrons. The fourth-order valence-corrected chi connectivity index (χ4v) is 4.10. The van der Waals surface area contributed by atoms with Gasteiger partial charge in [-0.05, 0) is 36.1 Å². The number of rotatable bonds is 4. The van der Waals surface area contributed by atoms with E-state index in [4.69, 9.17) is 9.15 Å². The number of imidazole rings is 1. The molecule has 13 heteroatoms. The first-order valence-corrected chi connectivity index (χ1v) is 10.2. The van der Waals surface area contributed by atoms with Gasteiger partial charge in [-0.15, -0.1) is 0 Å². The number of fused-ring (bicyclic) bond motifs is 2. The molecule has 0 radical (unpaired) electrons. The first kappa shape index (κ1) is 21.2. The zero-order chi connectivity index (χ0) is 23.4. The van der Waals surface area contributed by atoms with E-state index in [0.29, 0.717) is 49.5 Å². The molecule has 4 heterocycles. The summed E-state index contributed by atoms with van der Waals surface area (Å²) in [6, 6.07) is 5.09. The monoisotopic (exact) mass is 464 g/mol. The first-order chi connectivity index (χ1) is 15.6. The number of hydrogen-bond donors (Lipinski definition) is 0. The predicted molar refractivity (Wildman–Crippen MR) is 110 cm³/mol. The van der Waals surface area contributed by atoms with Crippen LogP contribution in [0.3, 0.4) is 0 Å². The van der Waals surface area contributed by atoms with Crippen molar-refractivity contribution in [3.8, 4) is 6.01 Å². The van der Waals surface area contributed by atoms with Crippen molar-refractivity contribution in [2.45, 2.75) is 25.4 Å². The van der Waals surface area contributed by atoms with Gasteiger partial charge >= 0.3 is 18.0 Å². The van der Waals surface area contributed by atoms with Crippen LogP contribution in [0.25, 0.3) is 11.0 Å². The highest BCUT2D eigenvalue weighted by atomic mass is 19.4. The Kier molecular flexibility index (Phi) is 4.81. The lowest BCUT2D eigenvalue weighted by molar-refractivity contribution is -0.389. The van der Waals surface area contributed by atoms with E-state index in [-0.39, 0.29) is 11.8 Å². The Morgan fingerprint density at radius 2 is 2.00 bits per heavy atom. The van der Waals surface area contributed by atoms with Crippen molar-refractivity contribution in [1.29, 1.82) is 0 Å². The maximum Gasteiger partial charge on any atom is 0.416 e. The van der Waals surface area contributed by atoms with Crippen molar-refractivity contribution in [1.82, 2.24) is 19.5 Å². The Morgan fingerprint density at radius 1 is 1.24 bits per heavy atom. The first-order valence-electron chi connectivity index (χ1n) is 10.2. The summed E-state index contributed by atoms with van der Waals surface area (Å²) in [4.78, 5) is 16.3. The molecule has 10 nitrogen and oxygen atoms in total. The smallest absolute Gasteiger partial charge is 0.416 e. The Labute approximate surface area is 185 Å². The van der Waals surface area contributed by atoms with Gasteiger partial charge < -0.3 is 19.3 Å². The summed E-state index contributed by atoms with van der Waals surface area (Å²) >= 11 is 0. The zero-order valence-corrected chi connectivity index (χ0v) is 17.4. The number of alkyl halides is 3. The van der Waals surface area contributed by atoms with Crippen LogP contribution >= 0.6 is 0 Å². The van der Waals surface area contributed by atoms with Crippen LogP contribution in [0, 0.1) is 10.1 Å². The zero-order valence-electron chi connectivity index (χ0n) is 17.4. The summed E-state index contributed by atoms with van der Waals surface area (Å²) in [6.45, 7) is 4.79. The summed E-state index contributed by atoms with van der Waals surface area (Å²) in [5.74, 6) is 0.122. The summed E-state index contributed by atoms with van der Waals surface area (Å²) in [7, 11) is 0. The van der Waals surface area contributed by atoms with Gasteiger partial charge in [0, 0.05) is 36.5 Å². The van der Waals surface area contributed by atoms with Gasteiger partial charge in [-0.1, -0.05) is 0 Å². The quantitative estimate of drug-likeness (QED) is 0.332. The van der Waals surface area contributed by atoms with Crippen LogP contribution in [-0.4, -0.2) is 62.5 Å². The van der Waals surface area contributed by atoms with Crippen molar-refractivity contribution in [3.63, 3.8) is 0 Å². The van der Waals surface area contributed by atoms with Gasteiger partial charge in [-0.25, -0.2) is 0 Å². The van der Waals surface area contributed by atoms with E-state index in [1.165, 1.54) is 24.5 Å². The number of nitro groups is 1. The van der Waals surface area contributed by atoms with Crippen molar-refractivity contribution in [2.75, 3.05) is 26.2 Å². The molecule has 2 aliphatic rings. The molecule has 0 spiro atoms. The Hall–Kier alpha value is -3.61. The van der Waals surface area contributed by atoms with Crippen LogP contribution in [-0.2, 0) is 12.7 Å². The van der Waals surface area contributed by atoms with Gasteiger partial charge in [-0.2, -0.15) is 18.3 Å². The van der Waals surface area contributed by atoms with E-state index in [1.807, 2.05) is 11.9 Å². The average molecular weight is 464 g/mol. The second-order valence-electron chi connectivity index (χ2n) is 8.13. The molecular weight excluding hydrogens is 445 g/mol. The number of aromatic nitrogens is 2. The van der Waals surface area contributed by atoms with Crippen molar-refractivity contribution in [2.24, 2.45) is 5.10 Å². The van der Waals surface area contributed by atoms with Crippen molar-refractivity contribution in [3.05, 3.63) is 51.9 Å². The summed E-state index contributed by atoms with van der Waals surface area (Å²) < 4.78 is 51.8. The van der Waals surface area contributed by atoms with E-state index in [9.17, 15) is 23.3 Å². The molecule has 1 atom stereocenters. The second-order valence-corrected chi connectivity index (χ2v) is 8.13. The maximum absolute atomic E-state index is 12.9. The van der Waals surface area contributed by atoms with Gasteiger partial charge in [-0.3, -0.25) is 14.5 Å². The minimum absolute atomic E-state index is 0.225. The fourth-order valence-electron chi connectivity index (χ4n) is 4.10. The van der Waals surface area contributed by atoms with Crippen LogP contribution in [0.2, 0.25) is 0 Å². The molecule has 0 N–H and O–H groups in total. The molecule has 0 unspecified atom stereocenters. The van der Waals surface area contributed by atoms with Gasteiger partial charge in [0.1, 0.15) is 17.5 Å². The van der Waals surface area contributed by atoms with Crippen LogP contribution < -0.4 is 4.74 Å². The number of ether oxygens (including phenoxy) is 1. The minimum atomic E-state index is -4.41. The van der Waals surface area contributed by atoms with E-state index < -0.39 is 22.4 Å². The Balaban J connectivity index is 1.20. The lowest BCUT2D eigenvalue weighted by Crippen LogP contribution is -2.57. The fraction of sp³-hybridized carbons (Fsp3) is 0.400. The van der Waals surface area contributed by atoms with Gasteiger partial charge in [0.05, 0.1) is 18.3 Å². The summed E-state index contributed by atoms with van der Waals surface area (Å²) in [5, 5.41) is 17.5. The van der Waals surface area contributed by atoms with Crippen molar-refractivity contribution >= 4 is 23.0 Å². The number of furan rings is 1. The van der Waals surface area contributed by atoms with E-state index >= 15 is 0 Å². The number of hydrazone groups is 1. The van der Waals surface area contributed by atoms with Crippen LogP contribution in [0.15, 0.2) is 40.0 Å². The minimum Gasteiger partial charge on any atom is -0.455 e. The summed E-state index contributed by atoms with van der Waals surface area (Å²) in [5.41, 5.74) is -1.03. The SMILES string of the molecule is C[C@]1(N2CCN(N=Cc3cc4cc(C(F)(F)F)ccc4o3)CC2)Cn2cc([N+](=O)[O-])nc2O1. The molecular formula is C20H19F3N6O4. The molecule has 33 heavy (non-hydrogen) atoms. The molecule has 2 aliphatic heterocycles. The molecule has 0 aliphatic carbocycles. The maximum atomic E-state index is 12.9. The van der Waals surface area contributed by atoms with E-state index in [1.54, 1.807) is 4.57 Å². The number of piperazine rings is 1. The molecule has 2 aromatic heterocycles. The number of nitrogens with zero attached hydrogens (tertiary/aromatic N) is 6. The molecule has 0 amide bonds. The number of halogens is 3. The molecule has 1 fully saturated rings. The number of benzene rings is 1. The highest BCUT2D eigenvalue weighted by Gasteiger charge is 2.45. The molecule has 1 saturated heterocycles. The van der Waals surface area contributed by atoms with Gasteiger partial charge in [0.25, 0.3) is 0 Å². The van der Waals surface area contributed by atoms with E-state index in [0.717, 1.165) is 12.1 Å². The lowest BCUT2D eigenvalue weighted by Gasteiger charge is -2.41. The third-order valence-corrected chi connectivity index (χ3v) is 5.83. The predicted octanol–water partition coefficient (Wildman–Crippen LogP) is 3.32.